The molecule has 0 radical (unpaired) electrons. The van der Waals surface area contributed by atoms with Crippen LogP contribution in [0.25, 0.3) is 0 Å². The average Bonchev–Trinajstić information content (AvgIpc) is 3.20. The molecule has 2 aromatic heterocycles. The Labute approximate surface area is 217 Å². The molecule has 2 aliphatic heterocycles. The Morgan fingerprint density at radius 2 is 1.86 bits per heavy atom. The number of nitriles is 1. The largest absolute Gasteiger partial charge is 0.467 e. The normalized spacial score (nSPS) is 22.4. The maximum Gasteiger partial charge on any atom is 0.410 e. The maximum absolute atomic E-state index is 12.9. The minimum Gasteiger partial charge on any atom is -0.467 e. The van der Waals surface area contributed by atoms with E-state index in [-0.39, 0.29) is 35.3 Å². The Morgan fingerprint density at radius 3 is 2.49 bits per heavy atom. The van der Waals surface area contributed by atoms with Crippen molar-refractivity contribution in [3.8, 4) is 12.1 Å². The van der Waals surface area contributed by atoms with Gasteiger partial charge in [0.2, 0.25) is 0 Å². The molecule has 5 rings (SSSR count). The van der Waals surface area contributed by atoms with Gasteiger partial charge in [0.1, 0.15) is 41.1 Å². The van der Waals surface area contributed by atoms with Gasteiger partial charge in [-0.1, -0.05) is 6.42 Å². The summed E-state index contributed by atoms with van der Waals surface area (Å²) in [5, 5.41) is 9.49. The molecule has 196 valence electrons. The lowest BCUT2D eigenvalue weighted by Gasteiger charge is -2.46. The Balaban J connectivity index is 1.50. The van der Waals surface area contributed by atoms with Crippen LogP contribution in [0.5, 0.6) is 6.01 Å². The van der Waals surface area contributed by atoms with Crippen molar-refractivity contribution in [2.24, 2.45) is 0 Å². The molecule has 0 aromatic carbocycles. The first-order chi connectivity index (χ1) is 17.5. The number of nitrogens with zero attached hydrogens (tertiary/aromatic N) is 8. The first-order valence-electron chi connectivity index (χ1n) is 12.8. The smallest absolute Gasteiger partial charge is 0.410 e. The summed E-state index contributed by atoms with van der Waals surface area (Å²) in [6.07, 6.45) is 4.52. The third-order valence-corrected chi connectivity index (χ3v) is 7.52. The molecule has 2 aromatic rings. The summed E-state index contributed by atoms with van der Waals surface area (Å²) in [6, 6.07) is 3.92. The number of rotatable bonds is 3. The van der Waals surface area contributed by atoms with Crippen LogP contribution in [0, 0.1) is 11.3 Å². The van der Waals surface area contributed by atoms with E-state index >= 15 is 0 Å². The summed E-state index contributed by atoms with van der Waals surface area (Å²) in [5.74, 6) is 2.31. The van der Waals surface area contributed by atoms with Crippen molar-refractivity contribution in [2.75, 3.05) is 36.5 Å². The van der Waals surface area contributed by atoms with E-state index in [1.807, 2.05) is 32.6 Å². The first-order valence-corrected chi connectivity index (χ1v) is 12.8. The number of amides is 1. The van der Waals surface area contributed by atoms with Crippen molar-refractivity contribution in [1.29, 1.82) is 5.26 Å². The van der Waals surface area contributed by atoms with Crippen molar-refractivity contribution in [3.63, 3.8) is 0 Å². The maximum atomic E-state index is 12.9. The highest BCUT2D eigenvalue weighted by Crippen LogP contribution is 2.56. The van der Waals surface area contributed by atoms with Gasteiger partial charge in [0.25, 0.3) is 0 Å². The van der Waals surface area contributed by atoms with Crippen LogP contribution in [0.2, 0.25) is 0 Å². The predicted molar refractivity (Wildman–Crippen MR) is 137 cm³/mol. The number of fused-ring (bicyclic) bond motifs is 2. The van der Waals surface area contributed by atoms with Crippen LogP contribution >= 0.6 is 0 Å². The van der Waals surface area contributed by atoms with Crippen LogP contribution in [0.1, 0.15) is 65.1 Å². The van der Waals surface area contributed by atoms with Crippen molar-refractivity contribution < 1.29 is 14.3 Å². The molecule has 11 nitrogen and oxygen atoms in total. The molecule has 11 heteroatoms. The minimum atomic E-state index is -0.542. The molecule has 1 aliphatic carbocycles. The summed E-state index contributed by atoms with van der Waals surface area (Å²) in [7, 11) is 1.49. The monoisotopic (exact) mass is 506 g/mol. The van der Waals surface area contributed by atoms with E-state index in [1.165, 1.54) is 7.11 Å². The van der Waals surface area contributed by atoms with Crippen molar-refractivity contribution in [2.45, 2.75) is 77.0 Å². The van der Waals surface area contributed by atoms with E-state index < -0.39 is 5.60 Å². The number of aromatic nitrogens is 4. The van der Waals surface area contributed by atoms with E-state index in [1.54, 1.807) is 12.4 Å². The lowest BCUT2D eigenvalue weighted by atomic mass is 9.66. The Morgan fingerprint density at radius 1 is 1.14 bits per heavy atom. The van der Waals surface area contributed by atoms with Crippen LogP contribution in [-0.4, -0.2) is 75.4 Å². The zero-order chi connectivity index (χ0) is 26.5. The second kappa shape index (κ2) is 9.01. The molecule has 1 spiro atoms. The topological polar surface area (TPSA) is 121 Å². The van der Waals surface area contributed by atoms with E-state index in [0.717, 1.165) is 36.5 Å². The SMILES string of the molecule is COc1nc(C#N)cc(N2CC3(CCC3)c3c2ncnc3N2C[C@@H](C)N(C(=O)OC(C)(C)C)C[C@@H]2C)n1. The number of piperazine rings is 1. The first kappa shape index (κ1) is 25.0. The summed E-state index contributed by atoms with van der Waals surface area (Å²) in [6.45, 7) is 11.7. The van der Waals surface area contributed by atoms with Gasteiger partial charge >= 0.3 is 12.1 Å². The highest BCUT2D eigenvalue weighted by molar-refractivity contribution is 5.75. The van der Waals surface area contributed by atoms with Crippen LogP contribution in [0.4, 0.5) is 22.2 Å². The summed E-state index contributed by atoms with van der Waals surface area (Å²) in [4.78, 5) is 37.2. The number of methoxy groups -OCH3 is 1. The van der Waals surface area contributed by atoms with Gasteiger partial charge in [-0.3, -0.25) is 0 Å². The van der Waals surface area contributed by atoms with Crippen LogP contribution in [-0.2, 0) is 10.2 Å². The van der Waals surface area contributed by atoms with Gasteiger partial charge in [0, 0.05) is 48.8 Å². The molecular weight excluding hydrogens is 472 g/mol. The van der Waals surface area contributed by atoms with Crippen molar-refractivity contribution in [1.82, 2.24) is 24.8 Å². The van der Waals surface area contributed by atoms with E-state index in [4.69, 9.17) is 19.4 Å². The van der Waals surface area contributed by atoms with Crippen LogP contribution in [0.3, 0.4) is 0 Å². The highest BCUT2D eigenvalue weighted by atomic mass is 16.6. The van der Waals surface area contributed by atoms with E-state index in [2.05, 4.69) is 32.8 Å². The summed E-state index contributed by atoms with van der Waals surface area (Å²) >= 11 is 0. The molecule has 1 saturated carbocycles. The average molecular weight is 507 g/mol. The standard InChI is InChI=1S/C26H34N8O3/c1-16-13-33(24(35)37-25(3,4)5)17(2)12-32(16)21-20-22(29-15-28-21)34(14-26(20)8-7-9-26)19-10-18(11-27)30-23(31-19)36-6/h10,15-17H,7-9,12-14H2,1-6H3/t16-,17+/m0/s1. The van der Waals surface area contributed by atoms with E-state index in [9.17, 15) is 10.1 Å². The Kier molecular flexibility index (Phi) is 6.09. The zero-order valence-electron chi connectivity index (χ0n) is 22.4. The number of hydrogen-bond donors (Lipinski definition) is 0. The van der Waals surface area contributed by atoms with Crippen LogP contribution < -0.4 is 14.5 Å². The molecule has 2 atom stereocenters. The fourth-order valence-corrected chi connectivity index (χ4v) is 5.62. The van der Waals surface area contributed by atoms with Gasteiger partial charge in [-0.15, -0.1) is 0 Å². The molecule has 3 aliphatic rings. The highest BCUT2D eigenvalue weighted by Gasteiger charge is 2.52. The van der Waals surface area contributed by atoms with Crippen LogP contribution in [0.15, 0.2) is 12.4 Å². The van der Waals surface area contributed by atoms with Gasteiger partial charge in [0.05, 0.1) is 7.11 Å². The molecule has 0 bridgehead atoms. The number of carbonyl (C=O) groups excluding carboxylic acids is 1. The fourth-order valence-electron chi connectivity index (χ4n) is 5.62. The van der Waals surface area contributed by atoms with Gasteiger partial charge in [-0.25, -0.2) is 14.8 Å². The lowest BCUT2D eigenvalue weighted by Crippen LogP contribution is -2.59. The molecule has 2 fully saturated rings. The summed E-state index contributed by atoms with van der Waals surface area (Å²) in [5.41, 5.74) is 0.747. The van der Waals surface area contributed by atoms with Crippen molar-refractivity contribution >= 4 is 23.5 Å². The second-order valence-electron chi connectivity index (χ2n) is 11.3. The lowest BCUT2D eigenvalue weighted by molar-refractivity contribution is 0.0129. The number of anilines is 3. The Bertz CT molecular complexity index is 1250. The third kappa shape index (κ3) is 4.38. The Hall–Kier alpha value is -3.68. The van der Waals surface area contributed by atoms with Gasteiger partial charge in [0.15, 0.2) is 0 Å². The van der Waals surface area contributed by atoms with Gasteiger partial charge in [-0.2, -0.15) is 15.2 Å². The summed E-state index contributed by atoms with van der Waals surface area (Å²) < 4.78 is 10.9. The molecule has 0 unspecified atom stereocenters. The molecule has 37 heavy (non-hydrogen) atoms. The quantitative estimate of drug-likeness (QED) is 0.611. The van der Waals surface area contributed by atoms with Gasteiger partial charge < -0.3 is 24.2 Å². The van der Waals surface area contributed by atoms with Gasteiger partial charge in [-0.05, 0) is 47.5 Å². The number of hydrogen-bond acceptors (Lipinski definition) is 10. The van der Waals surface area contributed by atoms with E-state index in [0.29, 0.717) is 25.5 Å². The molecule has 0 N–H and O–H groups in total. The molecule has 1 saturated heterocycles. The molecule has 4 heterocycles. The molecular formula is C26H34N8O3. The van der Waals surface area contributed by atoms with Crippen molar-refractivity contribution in [3.05, 3.63) is 23.7 Å². The second-order valence-corrected chi connectivity index (χ2v) is 11.3. The zero-order valence-corrected chi connectivity index (χ0v) is 22.4. The minimum absolute atomic E-state index is 0.0400. The fraction of sp³-hybridized carbons (Fsp3) is 0.615. The number of ether oxygens (including phenoxy) is 2. The predicted octanol–water partition coefficient (Wildman–Crippen LogP) is 3.55. The number of carbonyl (C=O) groups is 1. The third-order valence-electron chi connectivity index (χ3n) is 7.52. The molecule has 1 amide bonds.